The molecule has 2 aromatic rings. The molecular formula is C25H31F3. The second-order valence-electron chi connectivity index (χ2n) is 8.23. The van der Waals surface area contributed by atoms with Crippen LogP contribution in [0, 0.1) is 5.92 Å². The lowest BCUT2D eigenvalue weighted by molar-refractivity contribution is -0.137. The van der Waals surface area contributed by atoms with E-state index in [1.54, 1.807) is 12.1 Å². The monoisotopic (exact) mass is 388 g/mol. The number of rotatable bonds is 8. The lowest BCUT2D eigenvalue weighted by Gasteiger charge is -2.21. The molecule has 0 N–H and O–H groups in total. The van der Waals surface area contributed by atoms with Crippen molar-refractivity contribution in [2.75, 3.05) is 0 Å². The van der Waals surface area contributed by atoms with Crippen LogP contribution in [-0.4, -0.2) is 0 Å². The van der Waals surface area contributed by atoms with E-state index in [9.17, 15) is 13.2 Å². The summed E-state index contributed by atoms with van der Waals surface area (Å²) in [5.41, 5.74) is 2.49. The topological polar surface area (TPSA) is 0 Å². The number of aryl methyl sites for hydroxylation is 1. The van der Waals surface area contributed by atoms with E-state index in [1.807, 2.05) is 12.1 Å². The molecule has 3 heteroatoms. The van der Waals surface area contributed by atoms with Crippen LogP contribution >= 0.6 is 0 Å². The van der Waals surface area contributed by atoms with Crippen molar-refractivity contribution in [1.82, 2.24) is 0 Å². The summed E-state index contributed by atoms with van der Waals surface area (Å²) >= 11 is 0. The Labute approximate surface area is 167 Å². The highest BCUT2D eigenvalue weighted by atomic mass is 19.4. The van der Waals surface area contributed by atoms with Crippen molar-refractivity contribution in [3.8, 4) is 11.1 Å². The largest absolute Gasteiger partial charge is 0.416 e. The fraction of sp³-hybridized carbons (Fsp3) is 0.520. The van der Waals surface area contributed by atoms with Crippen molar-refractivity contribution in [2.24, 2.45) is 5.92 Å². The Hall–Kier alpha value is -1.77. The lowest BCUT2D eigenvalue weighted by atomic mass is 9.85. The van der Waals surface area contributed by atoms with Gasteiger partial charge in [0.1, 0.15) is 0 Å². The van der Waals surface area contributed by atoms with Crippen molar-refractivity contribution in [3.05, 3.63) is 59.7 Å². The summed E-state index contributed by atoms with van der Waals surface area (Å²) in [6.07, 6.45) is 10.6. The molecule has 2 aromatic carbocycles. The molecule has 0 spiro atoms. The Kier molecular flexibility index (Phi) is 7.58. The summed E-state index contributed by atoms with van der Waals surface area (Å²) in [5.74, 6) is 0.992. The molecule has 0 heterocycles. The Balaban J connectivity index is 1.38. The van der Waals surface area contributed by atoms with Crippen LogP contribution in [0.1, 0.15) is 75.3 Å². The van der Waals surface area contributed by atoms with Crippen molar-refractivity contribution >= 4 is 0 Å². The first-order chi connectivity index (χ1) is 13.5. The van der Waals surface area contributed by atoms with Gasteiger partial charge in [0.25, 0.3) is 0 Å². The number of hydrogen-bond acceptors (Lipinski definition) is 0. The number of hydrogen-bond donors (Lipinski definition) is 0. The van der Waals surface area contributed by atoms with Crippen molar-refractivity contribution < 1.29 is 13.2 Å². The zero-order valence-corrected chi connectivity index (χ0v) is 16.6. The Morgan fingerprint density at radius 3 is 1.86 bits per heavy atom. The standard InChI is InChI=1S/C25H31F3/c26-25(27,28)24-18-16-23(17-19-24)22-14-12-21(13-15-22)11-5-2-1-4-8-20-9-6-3-7-10-20/h12-20H,1-11H2. The van der Waals surface area contributed by atoms with E-state index in [4.69, 9.17) is 0 Å². The van der Waals surface area contributed by atoms with Crippen LogP contribution in [0.15, 0.2) is 48.5 Å². The van der Waals surface area contributed by atoms with Gasteiger partial charge in [0.2, 0.25) is 0 Å². The molecule has 3 rings (SSSR count). The molecule has 0 unspecified atom stereocenters. The molecule has 0 amide bonds. The third-order valence-corrected chi connectivity index (χ3v) is 6.05. The first kappa shape index (κ1) is 21.0. The second kappa shape index (κ2) is 10.1. The summed E-state index contributed by atoms with van der Waals surface area (Å²) in [5, 5.41) is 0. The molecule has 0 nitrogen and oxygen atoms in total. The SMILES string of the molecule is FC(F)(F)c1ccc(-c2ccc(CCCCCCC3CCCCC3)cc2)cc1. The third-order valence-electron chi connectivity index (χ3n) is 6.05. The van der Waals surface area contributed by atoms with Crippen molar-refractivity contribution in [2.45, 2.75) is 76.8 Å². The normalized spacial score (nSPS) is 15.7. The molecule has 0 atom stereocenters. The van der Waals surface area contributed by atoms with Gasteiger partial charge in [-0.15, -0.1) is 0 Å². The van der Waals surface area contributed by atoms with E-state index in [2.05, 4.69) is 12.1 Å². The van der Waals surface area contributed by atoms with Crippen LogP contribution in [0.2, 0.25) is 0 Å². The fourth-order valence-corrected chi connectivity index (χ4v) is 4.31. The van der Waals surface area contributed by atoms with Crippen LogP contribution in [0.3, 0.4) is 0 Å². The minimum atomic E-state index is -4.28. The van der Waals surface area contributed by atoms with E-state index in [0.717, 1.165) is 35.6 Å². The van der Waals surface area contributed by atoms with E-state index in [1.165, 1.54) is 69.8 Å². The number of unbranched alkanes of at least 4 members (excludes halogenated alkanes) is 3. The summed E-state index contributed by atoms with van der Waals surface area (Å²) in [6.45, 7) is 0. The fourth-order valence-electron chi connectivity index (χ4n) is 4.31. The Morgan fingerprint density at radius 2 is 1.25 bits per heavy atom. The quantitative estimate of drug-likeness (QED) is 0.398. The molecule has 0 radical (unpaired) electrons. The zero-order chi connectivity index (χ0) is 19.8. The van der Waals surface area contributed by atoms with Crippen LogP contribution in [0.5, 0.6) is 0 Å². The second-order valence-corrected chi connectivity index (χ2v) is 8.23. The van der Waals surface area contributed by atoms with Crippen molar-refractivity contribution in [3.63, 3.8) is 0 Å². The molecule has 0 aromatic heterocycles. The Morgan fingerprint density at radius 1 is 0.679 bits per heavy atom. The summed E-state index contributed by atoms with van der Waals surface area (Å²) in [6, 6.07) is 13.6. The number of benzene rings is 2. The van der Waals surface area contributed by atoms with Gasteiger partial charge >= 0.3 is 6.18 Å². The van der Waals surface area contributed by atoms with Gasteiger partial charge in [0.15, 0.2) is 0 Å². The predicted molar refractivity (Wildman–Crippen MR) is 110 cm³/mol. The van der Waals surface area contributed by atoms with Crippen molar-refractivity contribution in [1.29, 1.82) is 0 Å². The van der Waals surface area contributed by atoms with Gasteiger partial charge in [0.05, 0.1) is 5.56 Å². The summed E-state index contributed by atoms with van der Waals surface area (Å²) < 4.78 is 38.0. The maximum absolute atomic E-state index is 12.7. The van der Waals surface area contributed by atoms with Crippen LogP contribution < -0.4 is 0 Å². The summed E-state index contributed by atoms with van der Waals surface area (Å²) in [7, 11) is 0. The number of halogens is 3. The van der Waals surface area contributed by atoms with Crippen LogP contribution in [-0.2, 0) is 12.6 Å². The van der Waals surface area contributed by atoms with E-state index >= 15 is 0 Å². The van der Waals surface area contributed by atoms with Gasteiger partial charge in [-0.05, 0) is 47.6 Å². The Bertz CT molecular complexity index is 692. The van der Waals surface area contributed by atoms with Gasteiger partial charge in [-0.2, -0.15) is 13.2 Å². The molecule has 0 bridgehead atoms. The first-order valence-electron chi connectivity index (χ1n) is 10.8. The first-order valence-corrected chi connectivity index (χ1v) is 10.8. The molecule has 1 saturated carbocycles. The molecule has 0 saturated heterocycles. The van der Waals surface area contributed by atoms with Gasteiger partial charge in [-0.3, -0.25) is 0 Å². The van der Waals surface area contributed by atoms with E-state index in [-0.39, 0.29) is 0 Å². The average Bonchev–Trinajstić information content (AvgIpc) is 2.71. The lowest BCUT2D eigenvalue weighted by Crippen LogP contribution is -2.05. The minimum absolute atomic E-state index is 0.601. The van der Waals surface area contributed by atoms with E-state index in [0.29, 0.717) is 0 Å². The average molecular weight is 389 g/mol. The van der Waals surface area contributed by atoms with Gasteiger partial charge in [-0.1, -0.05) is 94.2 Å². The van der Waals surface area contributed by atoms with Crippen LogP contribution in [0.4, 0.5) is 13.2 Å². The zero-order valence-electron chi connectivity index (χ0n) is 16.6. The maximum atomic E-state index is 12.7. The minimum Gasteiger partial charge on any atom is -0.166 e. The smallest absolute Gasteiger partial charge is 0.166 e. The highest BCUT2D eigenvalue weighted by Gasteiger charge is 2.29. The molecule has 152 valence electrons. The predicted octanol–water partition coefficient (Wildman–Crippen LogP) is 8.45. The highest BCUT2D eigenvalue weighted by molar-refractivity contribution is 5.64. The highest BCUT2D eigenvalue weighted by Crippen LogP contribution is 2.31. The maximum Gasteiger partial charge on any atom is 0.416 e. The molecule has 0 aliphatic heterocycles. The molecule has 1 fully saturated rings. The third kappa shape index (κ3) is 6.39. The molecule has 1 aliphatic rings. The summed E-state index contributed by atoms with van der Waals surface area (Å²) in [4.78, 5) is 0. The van der Waals surface area contributed by atoms with Gasteiger partial charge in [0, 0.05) is 0 Å². The molecule has 1 aliphatic carbocycles. The number of alkyl halides is 3. The molecular weight excluding hydrogens is 357 g/mol. The molecule has 28 heavy (non-hydrogen) atoms. The van der Waals surface area contributed by atoms with E-state index < -0.39 is 11.7 Å². The van der Waals surface area contributed by atoms with Crippen LogP contribution in [0.25, 0.3) is 11.1 Å². The van der Waals surface area contributed by atoms with Gasteiger partial charge in [-0.25, -0.2) is 0 Å². The van der Waals surface area contributed by atoms with Gasteiger partial charge < -0.3 is 0 Å².